The molecule has 8 nitrogen and oxygen atoms in total. The van der Waals surface area contributed by atoms with E-state index in [1.54, 1.807) is 18.4 Å². The number of aryl methyl sites for hydroxylation is 2. The van der Waals surface area contributed by atoms with Crippen LogP contribution < -0.4 is 9.47 Å². The minimum Gasteiger partial charge on any atom is -0.496 e. The molecular formula is C23H26O8. The molecule has 1 saturated heterocycles. The Hall–Kier alpha value is -2.62. The molecule has 4 rings (SSSR count). The lowest BCUT2D eigenvalue weighted by atomic mass is 9.99. The van der Waals surface area contributed by atoms with Gasteiger partial charge in [0.1, 0.15) is 41.5 Å². The van der Waals surface area contributed by atoms with Gasteiger partial charge in [-0.3, -0.25) is 0 Å². The molecule has 8 heteroatoms. The number of furan rings is 1. The predicted octanol–water partition coefficient (Wildman–Crippen LogP) is 1.41. The number of hydrogen-bond acceptors (Lipinski definition) is 8. The van der Waals surface area contributed by atoms with Crippen molar-refractivity contribution in [3.05, 3.63) is 59.9 Å². The summed E-state index contributed by atoms with van der Waals surface area (Å²) in [5, 5.41) is 40.6. The molecule has 5 atom stereocenters. The Balaban J connectivity index is 1.64. The molecule has 0 radical (unpaired) electrons. The molecule has 0 unspecified atom stereocenters. The summed E-state index contributed by atoms with van der Waals surface area (Å²) in [7, 11) is 1.51. The quantitative estimate of drug-likeness (QED) is 0.444. The highest BCUT2D eigenvalue weighted by atomic mass is 16.7. The van der Waals surface area contributed by atoms with E-state index < -0.39 is 37.3 Å². The monoisotopic (exact) mass is 430 g/mol. The third-order valence-corrected chi connectivity index (χ3v) is 5.54. The molecule has 1 aromatic heterocycles. The number of fused-ring (bicyclic) bond motifs is 1. The zero-order chi connectivity index (χ0) is 22.0. The van der Waals surface area contributed by atoms with Crippen LogP contribution in [0.5, 0.6) is 11.5 Å². The first-order valence-corrected chi connectivity index (χ1v) is 10.1. The number of rotatable bonds is 7. The second-order valence-electron chi connectivity index (χ2n) is 7.56. The summed E-state index contributed by atoms with van der Waals surface area (Å²) in [5.41, 5.74) is 2.63. The Morgan fingerprint density at radius 2 is 1.74 bits per heavy atom. The Labute approximate surface area is 179 Å². The first kappa shape index (κ1) is 21.6. The van der Waals surface area contributed by atoms with Crippen LogP contribution in [0.1, 0.15) is 11.1 Å². The molecule has 0 bridgehead atoms. The zero-order valence-corrected chi connectivity index (χ0v) is 17.0. The van der Waals surface area contributed by atoms with Gasteiger partial charge in [-0.25, -0.2) is 0 Å². The molecule has 2 heterocycles. The van der Waals surface area contributed by atoms with Gasteiger partial charge in [-0.1, -0.05) is 30.3 Å². The molecule has 1 aliphatic rings. The van der Waals surface area contributed by atoms with E-state index in [1.807, 2.05) is 18.2 Å². The number of benzene rings is 2. The van der Waals surface area contributed by atoms with Gasteiger partial charge in [0.05, 0.1) is 25.4 Å². The minimum absolute atomic E-state index is 0.343. The van der Waals surface area contributed by atoms with Crippen LogP contribution in [0.4, 0.5) is 0 Å². The maximum atomic E-state index is 10.4. The summed E-state index contributed by atoms with van der Waals surface area (Å²) in [6.07, 6.45) is -3.73. The predicted molar refractivity (Wildman–Crippen MR) is 111 cm³/mol. The molecule has 1 aliphatic heterocycles. The molecule has 3 aromatic rings. The van der Waals surface area contributed by atoms with Crippen molar-refractivity contribution in [1.29, 1.82) is 0 Å². The van der Waals surface area contributed by atoms with Crippen LogP contribution >= 0.6 is 0 Å². The van der Waals surface area contributed by atoms with E-state index >= 15 is 0 Å². The summed E-state index contributed by atoms with van der Waals surface area (Å²) in [6.45, 7) is -0.535. The smallest absolute Gasteiger partial charge is 0.229 e. The molecule has 0 aliphatic carbocycles. The minimum atomic E-state index is -1.53. The Bertz CT molecular complexity index is 999. The molecule has 31 heavy (non-hydrogen) atoms. The third kappa shape index (κ3) is 4.39. The van der Waals surface area contributed by atoms with E-state index in [0.29, 0.717) is 28.9 Å². The fourth-order valence-electron chi connectivity index (χ4n) is 3.78. The van der Waals surface area contributed by atoms with Gasteiger partial charge >= 0.3 is 0 Å². The summed E-state index contributed by atoms with van der Waals surface area (Å²) in [6, 6.07) is 13.4. The zero-order valence-electron chi connectivity index (χ0n) is 17.0. The van der Waals surface area contributed by atoms with Crippen molar-refractivity contribution in [2.75, 3.05) is 13.7 Å². The van der Waals surface area contributed by atoms with Crippen molar-refractivity contribution >= 4 is 11.0 Å². The standard InChI is InChI=1S/C23H26O8/c1-28-15-9-16-19(14(12-29-16)8-7-13-5-3-2-4-6-13)17(10-15)30-23-22(27)21(26)20(25)18(11-24)31-23/h2-6,9-10,12,18,20-27H,7-8,11H2,1H3/t18-,20-,21+,22-,23-/m1/s1. The van der Waals surface area contributed by atoms with Crippen molar-refractivity contribution < 1.29 is 39.1 Å². The van der Waals surface area contributed by atoms with Crippen LogP contribution in [-0.2, 0) is 17.6 Å². The summed E-state index contributed by atoms with van der Waals surface area (Å²) < 4.78 is 22.5. The fourth-order valence-corrected chi connectivity index (χ4v) is 3.78. The van der Waals surface area contributed by atoms with E-state index in [2.05, 4.69) is 12.1 Å². The van der Waals surface area contributed by atoms with Gasteiger partial charge in [0, 0.05) is 17.7 Å². The van der Waals surface area contributed by atoms with Crippen LogP contribution in [-0.4, -0.2) is 64.8 Å². The molecule has 166 valence electrons. The number of aliphatic hydroxyl groups is 4. The largest absolute Gasteiger partial charge is 0.496 e. The Kier molecular flexibility index (Phi) is 6.45. The lowest BCUT2D eigenvalue weighted by Crippen LogP contribution is -2.60. The highest BCUT2D eigenvalue weighted by molar-refractivity contribution is 5.89. The lowest BCUT2D eigenvalue weighted by molar-refractivity contribution is -0.277. The molecule has 0 spiro atoms. The summed E-state index contributed by atoms with van der Waals surface area (Å²) in [5.74, 6) is 0.826. The third-order valence-electron chi connectivity index (χ3n) is 5.54. The van der Waals surface area contributed by atoms with E-state index in [9.17, 15) is 20.4 Å². The van der Waals surface area contributed by atoms with Crippen molar-refractivity contribution in [3.8, 4) is 11.5 Å². The van der Waals surface area contributed by atoms with Crippen molar-refractivity contribution in [2.45, 2.75) is 43.5 Å². The van der Waals surface area contributed by atoms with Gasteiger partial charge in [-0.15, -0.1) is 0 Å². The van der Waals surface area contributed by atoms with Crippen molar-refractivity contribution in [3.63, 3.8) is 0 Å². The van der Waals surface area contributed by atoms with Crippen LogP contribution in [0.2, 0.25) is 0 Å². The normalized spacial score (nSPS) is 26.2. The van der Waals surface area contributed by atoms with Crippen LogP contribution in [0.15, 0.2) is 53.1 Å². The molecule has 0 saturated carbocycles. The maximum Gasteiger partial charge on any atom is 0.229 e. The number of ether oxygens (including phenoxy) is 3. The van der Waals surface area contributed by atoms with Crippen LogP contribution in [0, 0.1) is 0 Å². The number of methoxy groups -OCH3 is 1. The Morgan fingerprint density at radius 3 is 2.45 bits per heavy atom. The van der Waals surface area contributed by atoms with Gasteiger partial charge in [-0.05, 0) is 18.4 Å². The SMILES string of the molecule is COc1cc(O[C@@H]2O[C@H](CO)[C@@H](O)[C@H](O)[C@H]2O)c2c(CCc3ccccc3)coc2c1. The molecule has 4 N–H and O–H groups in total. The first-order chi connectivity index (χ1) is 15.0. The van der Waals surface area contributed by atoms with E-state index in [-0.39, 0.29) is 0 Å². The summed E-state index contributed by atoms with van der Waals surface area (Å²) in [4.78, 5) is 0. The molecule has 2 aromatic carbocycles. The van der Waals surface area contributed by atoms with Gasteiger partial charge in [0.25, 0.3) is 0 Å². The maximum absolute atomic E-state index is 10.4. The van der Waals surface area contributed by atoms with E-state index in [0.717, 1.165) is 12.0 Å². The van der Waals surface area contributed by atoms with Crippen molar-refractivity contribution in [2.24, 2.45) is 0 Å². The second kappa shape index (κ2) is 9.25. The van der Waals surface area contributed by atoms with Gasteiger partial charge in [0.15, 0.2) is 0 Å². The number of aliphatic hydroxyl groups excluding tert-OH is 4. The lowest BCUT2D eigenvalue weighted by Gasteiger charge is -2.39. The van der Waals surface area contributed by atoms with Gasteiger partial charge in [-0.2, -0.15) is 0 Å². The summed E-state index contributed by atoms with van der Waals surface area (Å²) >= 11 is 0. The van der Waals surface area contributed by atoms with Gasteiger partial charge in [0.2, 0.25) is 6.29 Å². The Morgan fingerprint density at radius 1 is 0.968 bits per heavy atom. The van der Waals surface area contributed by atoms with Crippen LogP contribution in [0.3, 0.4) is 0 Å². The highest BCUT2D eigenvalue weighted by Gasteiger charge is 2.45. The van der Waals surface area contributed by atoms with Crippen LogP contribution in [0.25, 0.3) is 11.0 Å². The topological polar surface area (TPSA) is 122 Å². The fraction of sp³-hybridized carbons (Fsp3) is 0.391. The van der Waals surface area contributed by atoms with E-state index in [1.165, 1.54) is 12.7 Å². The van der Waals surface area contributed by atoms with Crippen molar-refractivity contribution in [1.82, 2.24) is 0 Å². The number of hydrogen-bond donors (Lipinski definition) is 4. The van der Waals surface area contributed by atoms with E-state index in [4.69, 9.17) is 18.6 Å². The average Bonchev–Trinajstić information content (AvgIpc) is 3.21. The highest BCUT2D eigenvalue weighted by Crippen LogP contribution is 2.37. The molecule has 1 fully saturated rings. The van der Waals surface area contributed by atoms with Gasteiger partial charge < -0.3 is 39.1 Å². The first-order valence-electron chi connectivity index (χ1n) is 10.1. The second-order valence-corrected chi connectivity index (χ2v) is 7.56. The molecule has 0 amide bonds. The average molecular weight is 430 g/mol. The molecular weight excluding hydrogens is 404 g/mol.